The third-order valence-corrected chi connectivity index (χ3v) is 6.62. The number of alkyl halides is 3. The molecular weight excluding hydrogens is 538 g/mol. The summed E-state index contributed by atoms with van der Waals surface area (Å²) >= 11 is 17.9. The average Bonchev–Trinajstić information content (AvgIpc) is 3.22. The maximum Gasteiger partial charge on any atom is 0.417 e. The van der Waals surface area contributed by atoms with E-state index in [1.165, 1.54) is 0 Å². The maximum absolute atomic E-state index is 13.3. The second kappa shape index (κ2) is 10.3. The summed E-state index contributed by atoms with van der Waals surface area (Å²) in [5, 5.41) is 3.39. The van der Waals surface area contributed by atoms with Crippen molar-refractivity contribution in [2.45, 2.75) is 31.7 Å². The lowest BCUT2D eigenvalue weighted by atomic mass is 10.1. The van der Waals surface area contributed by atoms with Crippen molar-refractivity contribution in [3.05, 3.63) is 97.5 Å². The zero-order chi connectivity index (χ0) is 26.2. The minimum Gasteiger partial charge on any atom is -0.333 e. The largest absolute Gasteiger partial charge is 0.417 e. The van der Waals surface area contributed by atoms with E-state index in [0.717, 1.165) is 29.3 Å². The van der Waals surface area contributed by atoms with Gasteiger partial charge in [-0.05, 0) is 65.6 Å². The summed E-state index contributed by atoms with van der Waals surface area (Å²) < 4.78 is 40.0. The molecular formula is C25H19Cl3F3N3O2. The van der Waals surface area contributed by atoms with Crippen molar-refractivity contribution in [1.29, 1.82) is 0 Å². The van der Waals surface area contributed by atoms with E-state index in [0.29, 0.717) is 27.8 Å². The molecule has 0 aliphatic carbocycles. The lowest BCUT2D eigenvalue weighted by Crippen LogP contribution is -2.42. The van der Waals surface area contributed by atoms with Crippen molar-refractivity contribution in [2.24, 2.45) is 5.73 Å². The fourth-order valence-electron chi connectivity index (χ4n) is 4.02. The van der Waals surface area contributed by atoms with Crippen LogP contribution in [0.3, 0.4) is 0 Å². The number of amides is 2. The summed E-state index contributed by atoms with van der Waals surface area (Å²) in [6.45, 7) is 0.557. The summed E-state index contributed by atoms with van der Waals surface area (Å²) in [5.74, 6) is -1.23. The van der Waals surface area contributed by atoms with E-state index in [4.69, 9.17) is 40.5 Å². The van der Waals surface area contributed by atoms with Crippen LogP contribution in [0.1, 0.15) is 32.6 Å². The van der Waals surface area contributed by atoms with Crippen LogP contribution in [-0.4, -0.2) is 22.8 Å². The molecule has 0 radical (unpaired) electrons. The SMILES string of the molecule is NC(Cc1ccc(Cl)cc1Cl)C(=O)N1Cc2ccc(NC(=O)c3cc(Cl)ccc3C(F)(F)F)cc2C1. The van der Waals surface area contributed by atoms with Gasteiger partial charge in [-0.1, -0.05) is 46.9 Å². The lowest BCUT2D eigenvalue weighted by molar-refractivity contribution is -0.138. The van der Waals surface area contributed by atoms with Crippen molar-refractivity contribution in [1.82, 2.24) is 4.90 Å². The number of benzene rings is 3. The normalized spacial score (nSPS) is 13.9. The molecule has 1 aliphatic rings. The van der Waals surface area contributed by atoms with Gasteiger partial charge >= 0.3 is 6.18 Å². The van der Waals surface area contributed by atoms with Crippen molar-refractivity contribution >= 4 is 52.3 Å². The van der Waals surface area contributed by atoms with Gasteiger partial charge in [0.05, 0.1) is 17.2 Å². The number of nitrogens with two attached hydrogens (primary N) is 1. The first-order chi connectivity index (χ1) is 16.9. The summed E-state index contributed by atoms with van der Waals surface area (Å²) in [6.07, 6.45) is -4.49. The van der Waals surface area contributed by atoms with Gasteiger partial charge < -0.3 is 16.0 Å². The summed E-state index contributed by atoms with van der Waals surface area (Å²) in [6, 6.07) is 11.9. The number of nitrogens with zero attached hydrogens (tertiary/aromatic N) is 1. The molecule has 3 aromatic carbocycles. The molecule has 11 heteroatoms. The Labute approximate surface area is 219 Å². The number of hydrogen-bond donors (Lipinski definition) is 2. The molecule has 3 N–H and O–H groups in total. The third kappa shape index (κ3) is 5.78. The van der Waals surface area contributed by atoms with Crippen LogP contribution in [0.4, 0.5) is 18.9 Å². The summed E-state index contributed by atoms with van der Waals surface area (Å²) in [7, 11) is 0. The Kier molecular flexibility index (Phi) is 7.52. The van der Waals surface area contributed by atoms with Crippen LogP contribution >= 0.6 is 34.8 Å². The summed E-state index contributed by atoms with van der Waals surface area (Å²) in [4.78, 5) is 27.2. The number of rotatable bonds is 5. The quantitative estimate of drug-likeness (QED) is 0.386. The molecule has 0 saturated carbocycles. The predicted molar refractivity (Wildman–Crippen MR) is 133 cm³/mol. The first-order valence-corrected chi connectivity index (χ1v) is 11.8. The molecule has 0 saturated heterocycles. The zero-order valence-corrected chi connectivity index (χ0v) is 20.8. The lowest BCUT2D eigenvalue weighted by Gasteiger charge is -2.20. The molecule has 5 nitrogen and oxygen atoms in total. The van der Waals surface area contributed by atoms with Crippen LogP contribution < -0.4 is 11.1 Å². The molecule has 1 aliphatic heterocycles. The number of halogens is 6. The van der Waals surface area contributed by atoms with Crippen LogP contribution in [0.2, 0.25) is 15.1 Å². The van der Waals surface area contributed by atoms with E-state index in [-0.39, 0.29) is 23.9 Å². The van der Waals surface area contributed by atoms with Crippen molar-refractivity contribution in [2.75, 3.05) is 5.32 Å². The minimum absolute atomic E-state index is 0.00693. The second-order valence-electron chi connectivity index (χ2n) is 8.37. The van der Waals surface area contributed by atoms with Gasteiger partial charge in [-0.15, -0.1) is 0 Å². The van der Waals surface area contributed by atoms with Crippen LogP contribution in [0.5, 0.6) is 0 Å². The fourth-order valence-corrected chi connectivity index (χ4v) is 4.68. The van der Waals surface area contributed by atoms with Crippen LogP contribution in [-0.2, 0) is 30.5 Å². The first kappa shape index (κ1) is 26.3. The molecule has 1 unspecified atom stereocenters. The molecule has 3 aromatic rings. The van der Waals surface area contributed by atoms with Gasteiger partial charge in [0, 0.05) is 33.8 Å². The zero-order valence-electron chi connectivity index (χ0n) is 18.5. The monoisotopic (exact) mass is 555 g/mol. The number of hydrogen-bond acceptors (Lipinski definition) is 3. The third-order valence-electron chi connectivity index (χ3n) is 5.80. The van der Waals surface area contributed by atoms with Crippen molar-refractivity contribution < 1.29 is 22.8 Å². The molecule has 188 valence electrons. The highest BCUT2D eigenvalue weighted by molar-refractivity contribution is 6.35. The van der Waals surface area contributed by atoms with Gasteiger partial charge in [-0.2, -0.15) is 13.2 Å². The van der Waals surface area contributed by atoms with Gasteiger partial charge in [0.1, 0.15) is 0 Å². The average molecular weight is 557 g/mol. The van der Waals surface area contributed by atoms with Gasteiger partial charge in [-0.25, -0.2) is 0 Å². The Morgan fingerprint density at radius 1 is 0.944 bits per heavy atom. The number of fused-ring (bicyclic) bond motifs is 1. The molecule has 0 fully saturated rings. The molecule has 0 aromatic heterocycles. The Hall–Kier alpha value is -2.78. The Balaban J connectivity index is 1.45. The maximum atomic E-state index is 13.3. The number of anilines is 1. The fraction of sp³-hybridized carbons (Fsp3) is 0.200. The summed E-state index contributed by atoms with van der Waals surface area (Å²) in [5.41, 5.74) is 7.06. The number of carbonyl (C=O) groups excluding carboxylic acids is 2. The molecule has 36 heavy (non-hydrogen) atoms. The van der Waals surface area contributed by atoms with Gasteiger partial charge in [0.15, 0.2) is 0 Å². The minimum atomic E-state index is -4.72. The Bertz CT molecular complexity index is 1350. The van der Waals surface area contributed by atoms with Gasteiger partial charge in [-0.3, -0.25) is 9.59 Å². The topological polar surface area (TPSA) is 75.4 Å². The first-order valence-electron chi connectivity index (χ1n) is 10.7. The predicted octanol–water partition coefficient (Wildman–Crippen LogP) is 6.33. The van der Waals surface area contributed by atoms with Crippen LogP contribution in [0, 0.1) is 0 Å². The van der Waals surface area contributed by atoms with E-state index in [9.17, 15) is 22.8 Å². The molecule has 0 spiro atoms. The molecule has 0 bridgehead atoms. The van der Waals surface area contributed by atoms with Crippen molar-refractivity contribution in [3.8, 4) is 0 Å². The van der Waals surface area contributed by atoms with Crippen LogP contribution in [0.25, 0.3) is 0 Å². The van der Waals surface area contributed by atoms with Crippen LogP contribution in [0.15, 0.2) is 54.6 Å². The smallest absolute Gasteiger partial charge is 0.333 e. The van der Waals surface area contributed by atoms with E-state index in [2.05, 4.69) is 5.32 Å². The number of nitrogens with one attached hydrogen (secondary N) is 1. The van der Waals surface area contributed by atoms with E-state index in [1.807, 2.05) is 0 Å². The van der Waals surface area contributed by atoms with Crippen molar-refractivity contribution in [3.63, 3.8) is 0 Å². The molecule has 4 rings (SSSR count). The molecule has 1 heterocycles. The van der Waals surface area contributed by atoms with E-state index < -0.39 is 29.3 Å². The number of carbonyl (C=O) groups is 2. The van der Waals surface area contributed by atoms with E-state index in [1.54, 1.807) is 41.3 Å². The van der Waals surface area contributed by atoms with Gasteiger partial charge in [0.25, 0.3) is 5.91 Å². The highest BCUT2D eigenvalue weighted by Crippen LogP contribution is 2.34. The van der Waals surface area contributed by atoms with E-state index >= 15 is 0 Å². The standard InChI is InChI=1S/C25H19Cl3F3N3O2/c26-16-4-6-20(25(29,30)31)19(9-16)23(35)33-18-5-2-14-11-34(12-15(14)7-18)24(36)22(32)8-13-1-3-17(27)10-21(13)28/h1-7,9-10,22H,8,11-12,32H2,(H,33,35). The molecule has 2 amide bonds. The Morgan fingerprint density at radius 3 is 2.31 bits per heavy atom. The second-order valence-corrected chi connectivity index (χ2v) is 9.65. The Morgan fingerprint density at radius 2 is 1.61 bits per heavy atom. The van der Waals surface area contributed by atoms with Gasteiger partial charge in [0.2, 0.25) is 5.91 Å². The highest BCUT2D eigenvalue weighted by atomic mass is 35.5. The highest BCUT2D eigenvalue weighted by Gasteiger charge is 2.35. The molecule has 1 atom stereocenters.